The molecule has 0 saturated carbocycles. The lowest BCUT2D eigenvalue weighted by molar-refractivity contribution is -0.114. The summed E-state index contributed by atoms with van der Waals surface area (Å²) in [5.74, 6) is -1.33. The normalized spacial score (nSPS) is 15.0. The minimum Gasteiger partial charge on any atom is -0.493 e. The molecule has 1 aliphatic heterocycles. The summed E-state index contributed by atoms with van der Waals surface area (Å²) in [6.07, 6.45) is 1.46. The van der Waals surface area contributed by atoms with Crippen molar-refractivity contribution >= 4 is 27.6 Å². The number of carbonyl (C=O) groups is 2. The van der Waals surface area contributed by atoms with Gasteiger partial charge in [0.05, 0.1) is 18.8 Å². The highest BCUT2D eigenvalue weighted by atomic mass is 32.2. The van der Waals surface area contributed by atoms with Gasteiger partial charge < -0.3 is 23.9 Å². The predicted molar refractivity (Wildman–Crippen MR) is 142 cm³/mol. The maximum Gasteiger partial charge on any atom is 0.339 e. The van der Waals surface area contributed by atoms with Crippen LogP contribution in [-0.2, 0) is 26.2 Å². The van der Waals surface area contributed by atoms with Crippen LogP contribution in [0.2, 0.25) is 0 Å². The highest BCUT2D eigenvalue weighted by Crippen LogP contribution is 2.32. The van der Waals surface area contributed by atoms with E-state index in [-0.39, 0.29) is 47.1 Å². The van der Waals surface area contributed by atoms with Crippen LogP contribution in [0.5, 0.6) is 11.5 Å². The molecule has 1 atom stereocenters. The molecule has 0 bridgehead atoms. The van der Waals surface area contributed by atoms with Gasteiger partial charge in [0.15, 0.2) is 11.5 Å². The smallest absolute Gasteiger partial charge is 0.339 e. The first-order chi connectivity index (χ1) is 18.7. The van der Waals surface area contributed by atoms with Gasteiger partial charge in [-0.15, -0.1) is 0 Å². The zero-order chi connectivity index (χ0) is 28.0. The maximum absolute atomic E-state index is 14.4. The van der Waals surface area contributed by atoms with Gasteiger partial charge in [0, 0.05) is 32.3 Å². The Morgan fingerprint density at radius 3 is 2.46 bits per heavy atom. The number of rotatable bonds is 10. The van der Waals surface area contributed by atoms with Gasteiger partial charge in [0.25, 0.3) is 5.91 Å². The molecule has 0 spiro atoms. The van der Waals surface area contributed by atoms with E-state index in [1.54, 1.807) is 12.1 Å². The monoisotopic (exact) mass is 556 g/mol. The Labute approximate surface area is 226 Å². The summed E-state index contributed by atoms with van der Waals surface area (Å²) >= 11 is 0. The molecule has 2 amide bonds. The molecule has 3 aromatic carbocycles. The fraction of sp³-hybridized carbons (Fsp3) is 0.286. The first kappa shape index (κ1) is 28.1. The molecule has 11 heteroatoms. The average molecular weight is 557 g/mol. The number of nitrogens with zero attached hydrogens (tertiary/aromatic N) is 1. The van der Waals surface area contributed by atoms with Crippen molar-refractivity contribution in [2.75, 3.05) is 25.6 Å². The molecule has 9 nitrogen and oxygen atoms in total. The molecule has 0 unspecified atom stereocenters. The van der Waals surface area contributed by atoms with Crippen molar-refractivity contribution < 1.29 is 36.1 Å². The van der Waals surface area contributed by atoms with Gasteiger partial charge in [0.1, 0.15) is 10.7 Å². The lowest BCUT2D eigenvalue weighted by atomic mass is 10.1. The number of benzene rings is 3. The first-order valence-corrected chi connectivity index (χ1v) is 13.7. The fourth-order valence-corrected chi connectivity index (χ4v) is 5.17. The summed E-state index contributed by atoms with van der Waals surface area (Å²) < 4.78 is 56.9. The number of amides is 2. The molecule has 1 fully saturated rings. The van der Waals surface area contributed by atoms with Crippen molar-refractivity contribution in [3.05, 3.63) is 83.7 Å². The number of anilines is 1. The van der Waals surface area contributed by atoms with E-state index in [1.807, 2.05) is 0 Å². The summed E-state index contributed by atoms with van der Waals surface area (Å²) in [4.78, 5) is 25.9. The fourth-order valence-electron chi connectivity index (χ4n) is 4.24. The van der Waals surface area contributed by atoms with Crippen LogP contribution in [0.15, 0.2) is 71.6 Å². The van der Waals surface area contributed by atoms with Crippen molar-refractivity contribution in [1.82, 2.24) is 4.90 Å². The maximum atomic E-state index is 14.4. The Bertz CT molecular complexity index is 1440. The Morgan fingerprint density at radius 2 is 1.82 bits per heavy atom. The van der Waals surface area contributed by atoms with Gasteiger partial charge in [-0.3, -0.25) is 9.59 Å². The zero-order valence-electron chi connectivity index (χ0n) is 21.6. The topological polar surface area (TPSA) is 111 Å². The highest BCUT2D eigenvalue weighted by Gasteiger charge is 2.26. The summed E-state index contributed by atoms with van der Waals surface area (Å²) in [5.41, 5.74) is 0.919. The van der Waals surface area contributed by atoms with Crippen LogP contribution in [0.3, 0.4) is 0 Å². The van der Waals surface area contributed by atoms with Gasteiger partial charge in [-0.2, -0.15) is 8.42 Å². The van der Waals surface area contributed by atoms with Crippen LogP contribution in [0.1, 0.15) is 35.7 Å². The minimum atomic E-state index is -4.26. The van der Waals surface area contributed by atoms with E-state index in [2.05, 4.69) is 5.32 Å². The van der Waals surface area contributed by atoms with E-state index in [1.165, 1.54) is 73.5 Å². The summed E-state index contributed by atoms with van der Waals surface area (Å²) in [5, 5.41) is 2.57. The third-order valence-electron chi connectivity index (χ3n) is 6.10. The largest absolute Gasteiger partial charge is 0.493 e. The summed E-state index contributed by atoms with van der Waals surface area (Å²) in [6, 6.07) is 16.0. The van der Waals surface area contributed by atoms with Gasteiger partial charge in [0.2, 0.25) is 5.91 Å². The molecular weight excluding hydrogens is 527 g/mol. The van der Waals surface area contributed by atoms with Crippen LogP contribution in [0.4, 0.5) is 10.1 Å². The second kappa shape index (κ2) is 12.3. The Morgan fingerprint density at radius 1 is 1.08 bits per heavy atom. The number of halogens is 1. The van der Waals surface area contributed by atoms with Crippen LogP contribution in [-0.4, -0.2) is 51.5 Å². The third-order valence-corrected chi connectivity index (χ3v) is 7.35. The van der Waals surface area contributed by atoms with E-state index in [0.717, 1.165) is 12.8 Å². The van der Waals surface area contributed by atoms with E-state index < -0.39 is 21.8 Å². The molecule has 0 radical (unpaired) electrons. The van der Waals surface area contributed by atoms with Crippen LogP contribution in [0, 0.1) is 5.82 Å². The van der Waals surface area contributed by atoms with Gasteiger partial charge >= 0.3 is 10.1 Å². The van der Waals surface area contributed by atoms with E-state index in [9.17, 15) is 22.4 Å². The lowest BCUT2D eigenvalue weighted by Crippen LogP contribution is -2.37. The Balaban J connectivity index is 1.59. The summed E-state index contributed by atoms with van der Waals surface area (Å²) in [6.45, 7) is 2.24. The van der Waals surface area contributed by atoms with Crippen molar-refractivity contribution in [3.8, 4) is 11.5 Å². The van der Waals surface area contributed by atoms with E-state index >= 15 is 0 Å². The Kier molecular flexibility index (Phi) is 8.82. The number of methoxy groups -OCH3 is 1. The number of carbonyl (C=O) groups excluding carboxylic acids is 2. The SMILES string of the molecule is COc1ccc(CN(C[C@@H]2CCCO2)C(=O)c2ccccc2F)cc1OS(=O)(=O)c1ccc(NC(C)=O)cc1. The first-order valence-electron chi connectivity index (χ1n) is 12.3. The number of ether oxygens (including phenoxy) is 2. The molecular formula is C28H29FN2O7S. The molecule has 1 heterocycles. The Hall–Kier alpha value is -3.96. The third kappa shape index (κ3) is 7.12. The molecule has 1 saturated heterocycles. The lowest BCUT2D eigenvalue weighted by Gasteiger charge is -2.26. The molecule has 39 heavy (non-hydrogen) atoms. The molecule has 206 valence electrons. The van der Waals surface area contributed by atoms with Crippen molar-refractivity contribution in [1.29, 1.82) is 0 Å². The summed E-state index contributed by atoms with van der Waals surface area (Å²) in [7, 11) is -2.89. The van der Waals surface area contributed by atoms with E-state index in [0.29, 0.717) is 17.9 Å². The number of nitrogens with one attached hydrogen (secondary N) is 1. The molecule has 1 aliphatic rings. The predicted octanol–water partition coefficient (Wildman–Crippen LogP) is 4.38. The second-order valence-electron chi connectivity index (χ2n) is 9.03. The standard InChI is InChI=1S/C28H29FN2O7S/c1-19(32)30-21-10-12-23(13-11-21)39(34,35)38-27-16-20(9-14-26(27)36-2)17-31(18-22-6-5-15-37-22)28(33)24-7-3-4-8-25(24)29/h3-4,7-14,16,22H,5-6,15,17-18H2,1-2H3,(H,30,32)/t22-/m0/s1. The number of hydrogen-bond donors (Lipinski definition) is 1. The molecule has 0 aliphatic carbocycles. The van der Waals surface area contributed by atoms with Crippen LogP contribution < -0.4 is 14.2 Å². The van der Waals surface area contributed by atoms with Gasteiger partial charge in [-0.1, -0.05) is 18.2 Å². The molecule has 1 N–H and O–H groups in total. The zero-order valence-corrected chi connectivity index (χ0v) is 22.4. The second-order valence-corrected chi connectivity index (χ2v) is 10.6. The van der Waals surface area contributed by atoms with Crippen LogP contribution >= 0.6 is 0 Å². The molecule has 4 rings (SSSR count). The minimum absolute atomic E-state index is 0.0544. The van der Waals surface area contributed by atoms with Crippen molar-refractivity contribution in [2.24, 2.45) is 0 Å². The quantitative estimate of drug-likeness (QED) is 0.369. The average Bonchev–Trinajstić information content (AvgIpc) is 3.41. The number of hydrogen-bond acceptors (Lipinski definition) is 7. The van der Waals surface area contributed by atoms with Crippen LogP contribution in [0.25, 0.3) is 0 Å². The van der Waals surface area contributed by atoms with Gasteiger partial charge in [-0.25, -0.2) is 4.39 Å². The van der Waals surface area contributed by atoms with E-state index in [4.69, 9.17) is 13.7 Å². The molecule has 3 aromatic rings. The van der Waals surface area contributed by atoms with Gasteiger partial charge in [-0.05, 0) is 66.9 Å². The highest BCUT2D eigenvalue weighted by molar-refractivity contribution is 7.87. The van der Waals surface area contributed by atoms with Crippen molar-refractivity contribution in [3.63, 3.8) is 0 Å². The molecule has 0 aromatic heterocycles. The van der Waals surface area contributed by atoms with Crippen molar-refractivity contribution in [2.45, 2.75) is 37.3 Å².